The van der Waals surface area contributed by atoms with Crippen LogP contribution in [0.25, 0.3) is 0 Å². The van der Waals surface area contributed by atoms with Crippen LogP contribution in [0.15, 0.2) is 21.9 Å². The number of nitrogens with zero attached hydrogens (tertiary/aromatic N) is 1. The summed E-state index contributed by atoms with van der Waals surface area (Å²) in [4.78, 5) is 60.7. The molecule has 0 amide bonds. The number of hydrogen-bond acceptors (Lipinski definition) is 10. The second kappa shape index (κ2) is 9.57. The molecule has 6 N–H and O–H groups in total. The van der Waals surface area contributed by atoms with Gasteiger partial charge in [-0.25, -0.2) is 22.9 Å². The summed E-state index contributed by atoms with van der Waals surface area (Å²) in [5, 5.41) is 11.9. The van der Waals surface area contributed by atoms with Gasteiger partial charge < -0.3 is 29.4 Å². The highest BCUT2D eigenvalue weighted by atomic mass is 35.5. The van der Waals surface area contributed by atoms with Crippen LogP contribution in [0.4, 0.5) is 4.39 Å². The van der Waals surface area contributed by atoms with Gasteiger partial charge in [0.25, 0.3) is 5.56 Å². The Labute approximate surface area is 183 Å². The average molecular weight is 547 g/mol. The molecular formula is C11H13ClFN2O14P3. The number of aromatic nitrogens is 2. The first-order valence-electron chi connectivity index (χ1n) is 8.54. The lowest BCUT2D eigenvalue weighted by molar-refractivity contribution is -0.0535. The molecule has 6 atom stereocenters. The molecule has 0 radical (unpaired) electrons. The number of rotatable bonds is 8. The number of aliphatic hydroxyl groups is 1. The highest BCUT2D eigenvalue weighted by Crippen LogP contribution is 2.66. The highest BCUT2D eigenvalue weighted by molar-refractivity contribution is 7.66. The molecule has 1 aliphatic rings. The SMILES string of the molecule is [2H]C([2H])(OP(=O)(O)OP(=O)(O)OP(=O)(O)O)[C@H]1O[C@@H](n2ccc(=O)[nH]c2=O)C(F)(C#CCl)[C@H]1O. The first-order chi connectivity index (χ1) is 15.2. The Bertz CT molecular complexity index is 1270. The Morgan fingerprint density at radius 1 is 1.28 bits per heavy atom. The molecule has 0 aliphatic carbocycles. The number of hydrogen-bond donors (Lipinski definition) is 6. The molecule has 2 heterocycles. The van der Waals surface area contributed by atoms with Crippen LogP contribution < -0.4 is 11.2 Å². The van der Waals surface area contributed by atoms with E-state index in [1.165, 1.54) is 0 Å². The Morgan fingerprint density at radius 2 is 1.91 bits per heavy atom. The minimum Gasteiger partial charge on any atom is -0.386 e. The Hall–Kier alpha value is -1.21. The summed E-state index contributed by atoms with van der Waals surface area (Å²) in [5.74, 6) is 1.64. The maximum atomic E-state index is 15.5. The van der Waals surface area contributed by atoms with Crippen molar-refractivity contribution in [3.05, 3.63) is 33.1 Å². The minimum absolute atomic E-state index is 0.326. The summed E-state index contributed by atoms with van der Waals surface area (Å²) in [6, 6.07) is 0.722. The number of aliphatic hydroxyl groups excluding tert-OH is 1. The quantitative estimate of drug-likeness (QED) is 0.170. The second-order valence-corrected chi connectivity index (χ2v) is 10.2. The van der Waals surface area contributed by atoms with E-state index in [9.17, 15) is 33.3 Å². The highest BCUT2D eigenvalue weighted by Gasteiger charge is 2.58. The summed E-state index contributed by atoms with van der Waals surface area (Å²) in [5.41, 5.74) is -5.63. The number of phosphoric acid groups is 3. The van der Waals surface area contributed by atoms with Crippen LogP contribution in [0.1, 0.15) is 8.97 Å². The van der Waals surface area contributed by atoms with Gasteiger partial charge in [-0.1, -0.05) is 0 Å². The maximum absolute atomic E-state index is 15.5. The van der Waals surface area contributed by atoms with Gasteiger partial charge in [-0.05, 0) is 17.5 Å². The molecule has 1 saturated heterocycles. The molecule has 21 heteroatoms. The van der Waals surface area contributed by atoms with Gasteiger partial charge in [-0.2, -0.15) is 8.62 Å². The standard InChI is InChI=1S/C11H13ClFN2O14P3/c12-3-2-11(13)8(17)6(27-9(11)15-4-1-7(16)14-10(15)18)5-26-31(22,23)29-32(24,25)28-30(19,20)21/h1,4,6,8-9,17H,5H2,(H,22,23)(H,24,25)(H,14,16,18)(H2,19,20,21)/t6-,8+,9-,11?/m1/s1/i5D2. The molecule has 3 unspecified atom stereocenters. The van der Waals surface area contributed by atoms with Gasteiger partial charge in [0.1, 0.15) is 12.2 Å². The van der Waals surface area contributed by atoms with Gasteiger partial charge in [0.15, 0.2) is 6.23 Å². The lowest BCUT2D eigenvalue weighted by Gasteiger charge is -2.23. The van der Waals surface area contributed by atoms with Crippen molar-refractivity contribution >= 4 is 35.1 Å². The van der Waals surface area contributed by atoms with Gasteiger partial charge in [0.2, 0.25) is 5.67 Å². The van der Waals surface area contributed by atoms with Crippen molar-refractivity contribution in [1.29, 1.82) is 0 Å². The van der Waals surface area contributed by atoms with E-state index in [2.05, 4.69) is 13.1 Å². The molecule has 0 aromatic carbocycles. The number of alkyl halides is 1. The molecule has 1 aliphatic heterocycles. The average Bonchev–Trinajstić information content (AvgIpc) is 2.83. The molecule has 2 rings (SSSR count). The zero-order valence-corrected chi connectivity index (χ0v) is 18.3. The van der Waals surface area contributed by atoms with Crippen molar-refractivity contribution < 1.29 is 63.4 Å². The van der Waals surface area contributed by atoms with Crippen molar-refractivity contribution in [2.75, 3.05) is 6.56 Å². The van der Waals surface area contributed by atoms with Crippen LogP contribution in [0, 0.1) is 11.3 Å². The van der Waals surface area contributed by atoms with Crippen molar-refractivity contribution in [2.24, 2.45) is 0 Å². The van der Waals surface area contributed by atoms with E-state index in [-0.39, 0.29) is 0 Å². The normalized spacial score (nSPS) is 30.9. The van der Waals surface area contributed by atoms with Crippen LogP contribution in [0.3, 0.4) is 0 Å². The summed E-state index contributed by atoms with van der Waals surface area (Å²) in [7, 11) is -17.9. The van der Waals surface area contributed by atoms with E-state index >= 15 is 4.39 Å². The van der Waals surface area contributed by atoms with E-state index in [1.54, 1.807) is 16.3 Å². The predicted molar refractivity (Wildman–Crippen MR) is 98.5 cm³/mol. The molecule has 180 valence electrons. The fourth-order valence-electron chi connectivity index (χ4n) is 2.27. The topological polar surface area (TPSA) is 244 Å². The van der Waals surface area contributed by atoms with E-state index in [1.807, 2.05) is 0 Å². The largest absolute Gasteiger partial charge is 0.490 e. The molecule has 0 spiro atoms. The van der Waals surface area contributed by atoms with Crippen LogP contribution in [-0.4, -0.2) is 58.7 Å². The van der Waals surface area contributed by atoms with Crippen LogP contribution in [0.5, 0.6) is 0 Å². The first kappa shape index (κ1) is 23.9. The molecule has 16 nitrogen and oxygen atoms in total. The van der Waals surface area contributed by atoms with Gasteiger partial charge in [0.05, 0.1) is 9.30 Å². The Morgan fingerprint density at radius 3 is 2.44 bits per heavy atom. The fraction of sp³-hybridized carbons (Fsp3) is 0.455. The van der Waals surface area contributed by atoms with Crippen molar-refractivity contribution in [2.45, 2.75) is 24.1 Å². The molecule has 32 heavy (non-hydrogen) atoms. The third-order valence-electron chi connectivity index (χ3n) is 3.39. The Balaban J connectivity index is 2.41. The van der Waals surface area contributed by atoms with Crippen molar-refractivity contribution in [3.63, 3.8) is 0 Å². The Kier molecular flexibility index (Phi) is 7.16. The molecule has 1 aromatic heterocycles. The number of H-pyrrole nitrogens is 1. The number of nitrogens with one attached hydrogen (secondary N) is 1. The van der Waals surface area contributed by atoms with Crippen molar-refractivity contribution in [3.8, 4) is 11.3 Å². The third kappa shape index (κ3) is 6.66. The van der Waals surface area contributed by atoms with E-state index in [0.717, 1.165) is 6.07 Å². The lowest BCUT2D eigenvalue weighted by atomic mass is 9.97. The number of halogens is 2. The predicted octanol–water partition coefficient (Wildman–Crippen LogP) is -0.954. The number of aromatic amines is 1. The number of phosphoric ester groups is 1. The van der Waals surface area contributed by atoms with Crippen molar-refractivity contribution in [1.82, 2.24) is 9.55 Å². The van der Waals surface area contributed by atoms with E-state index in [0.29, 0.717) is 10.8 Å². The fourth-order valence-corrected chi connectivity index (χ4v) is 5.30. The van der Waals surface area contributed by atoms with E-state index in [4.69, 9.17) is 33.8 Å². The van der Waals surface area contributed by atoms with Crippen LogP contribution >= 0.6 is 35.1 Å². The zero-order chi connectivity index (χ0) is 26.3. The monoisotopic (exact) mass is 546 g/mol. The zero-order valence-electron chi connectivity index (χ0n) is 16.8. The summed E-state index contributed by atoms with van der Waals surface area (Å²) < 4.78 is 81.2. The van der Waals surface area contributed by atoms with Gasteiger partial charge >= 0.3 is 29.2 Å². The summed E-state index contributed by atoms with van der Waals surface area (Å²) in [6.45, 7) is -3.79. The lowest BCUT2D eigenvalue weighted by Crippen LogP contribution is -2.45. The smallest absolute Gasteiger partial charge is 0.386 e. The summed E-state index contributed by atoms with van der Waals surface area (Å²) >= 11 is 5.17. The molecule has 0 bridgehead atoms. The molecule has 0 saturated carbocycles. The van der Waals surface area contributed by atoms with E-state index < -0.39 is 65.4 Å². The third-order valence-corrected chi connectivity index (χ3v) is 7.15. The number of ether oxygens (including phenoxy) is 1. The van der Waals surface area contributed by atoms with Crippen LogP contribution in [-0.2, 0) is 31.6 Å². The van der Waals surface area contributed by atoms with Gasteiger partial charge in [0, 0.05) is 17.6 Å². The van der Waals surface area contributed by atoms with Gasteiger partial charge in [-0.15, -0.1) is 0 Å². The molecule has 1 aromatic rings. The van der Waals surface area contributed by atoms with Gasteiger partial charge in [-0.3, -0.25) is 18.9 Å². The molecular weight excluding hydrogens is 531 g/mol. The summed E-state index contributed by atoms with van der Waals surface area (Å²) in [6.07, 6.45) is -7.01. The minimum atomic E-state index is -6.11. The van der Waals surface area contributed by atoms with Crippen LogP contribution in [0.2, 0.25) is 0 Å². The first-order valence-corrected chi connectivity index (χ1v) is 12.4. The molecule has 1 fully saturated rings. The second-order valence-electron chi connectivity index (χ2n) is 5.66. The maximum Gasteiger partial charge on any atom is 0.490 e.